The quantitative estimate of drug-likeness (QED) is 0.428. The van der Waals surface area contributed by atoms with Crippen molar-refractivity contribution in [2.45, 2.75) is 11.8 Å². The number of benzene rings is 1. The summed E-state index contributed by atoms with van der Waals surface area (Å²) in [5, 5.41) is 13.3. The standard InChI is InChI=1S/C15H15N3O7S/c1-2-25-14(19)10-16-15(20)12-7-5-9-17(12)26(23,24)13-8-4-3-6-11(13)18(21)22/h3-9H,2,10H2,1H3,(H,16,20). The Hall–Kier alpha value is -3.21. The molecule has 138 valence electrons. The topological polar surface area (TPSA) is 138 Å². The minimum Gasteiger partial charge on any atom is -0.465 e. The monoisotopic (exact) mass is 381 g/mol. The molecule has 0 aliphatic heterocycles. The second kappa shape index (κ2) is 7.78. The van der Waals surface area contributed by atoms with Gasteiger partial charge in [0.2, 0.25) is 0 Å². The first-order valence-corrected chi connectivity index (χ1v) is 8.83. The number of amides is 1. The molecule has 2 aromatic rings. The number of nitrogens with one attached hydrogen (secondary N) is 1. The Balaban J connectivity index is 2.36. The summed E-state index contributed by atoms with van der Waals surface area (Å²) in [5.41, 5.74) is -0.911. The van der Waals surface area contributed by atoms with Crippen LogP contribution in [0.1, 0.15) is 17.4 Å². The van der Waals surface area contributed by atoms with Gasteiger partial charge in [-0.1, -0.05) is 12.1 Å². The number of para-hydroxylation sites is 1. The van der Waals surface area contributed by atoms with Crippen LogP contribution in [0, 0.1) is 10.1 Å². The number of esters is 1. The second-order valence-corrected chi connectivity index (χ2v) is 6.69. The highest BCUT2D eigenvalue weighted by atomic mass is 32.2. The average molecular weight is 381 g/mol. The molecule has 1 N–H and O–H groups in total. The van der Waals surface area contributed by atoms with E-state index >= 15 is 0 Å². The average Bonchev–Trinajstić information content (AvgIpc) is 3.10. The van der Waals surface area contributed by atoms with Gasteiger partial charge in [-0.25, -0.2) is 12.4 Å². The van der Waals surface area contributed by atoms with E-state index in [1.807, 2.05) is 0 Å². The van der Waals surface area contributed by atoms with Gasteiger partial charge in [0.1, 0.15) is 12.2 Å². The highest BCUT2D eigenvalue weighted by Gasteiger charge is 2.29. The zero-order valence-electron chi connectivity index (χ0n) is 13.6. The summed E-state index contributed by atoms with van der Waals surface area (Å²) in [5.74, 6) is -1.52. The van der Waals surface area contributed by atoms with Gasteiger partial charge in [0.15, 0.2) is 4.90 Å². The Kier molecular flexibility index (Phi) is 5.72. The van der Waals surface area contributed by atoms with E-state index in [4.69, 9.17) is 0 Å². The molecule has 0 saturated carbocycles. The molecule has 10 nitrogen and oxygen atoms in total. The first-order chi connectivity index (χ1) is 12.3. The van der Waals surface area contributed by atoms with Crippen LogP contribution in [-0.2, 0) is 19.6 Å². The third-order valence-electron chi connectivity index (χ3n) is 3.24. The molecule has 0 aliphatic carbocycles. The maximum Gasteiger partial charge on any atom is 0.325 e. The van der Waals surface area contributed by atoms with Gasteiger partial charge in [-0.05, 0) is 25.1 Å². The van der Waals surface area contributed by atoms with Gasteiger partial charge < -0.3 is 10.1 Å². The van der Waals surface area contributed by atoms with Gasteiger partial charge in [0.25, 0.3) is 21.6 Å². The lowest BCUT2D eigenvalue weighted by Gasteiger charge is -2.11. The normalized spacial score (nSPS) is 11.0. The third kappa shape index (κ3) is 3.88. The molecule has 2 rings (SSSR count). The summed E-state index contributed by atoms with van der Waals surface area (Å²) in [4.78, 5) is 33.2. The molecule has 0 aliphatic rings. The number of carbonyl (C=O) groups is 2. The van der Waals surface area contributed by atoms with Crippen LogP contribution in [0.3, 0.4) is 0 Å². The van der Waals surface area contributed by atoms with Crippen molar-refractivity contribution >= 4 is 27.6 Å². The van der Waals surface area contributed by atoms with Crippen LogP contribution >= 0.6 is 0 Å². The highest BCUT2D eigenvalue weighted by Crippen LogP contribution is 2.26. The van der Waals surface area contributed by atoms with E-state index in [-0.39, 0.29) is 12.3 Å². The predicted molar refractivity (Wildman–Crippen MR) is 89.1 cm³/mol. The van der Waals surface area contributed by atoms with Crippen LogP contribution < -0.4 is 5.32 Å². The number of nitro benzene ring substituents is 1. The van der Waals surface area contributed by atoms with Gasteiger partial charge in [-0.15, -0.1) is 0 Å². The molecule has 11 heteroatoms. The number of aromatic nitrogens is 1. The number of hydrogen-bond acceptors (Lipinski definition) is 7. The molecule has 0 saturated heterocycles. The second-order valence-electron chi connectivity index (χ2n) is 4.91. The molecule has 0 fully saturated rings. The lowest BCUT2D eigenvalue weighted by Crippen LogP contribution is -2.33. The Morgan fingerprint density at radius 1 is 1.23 bits per heavy atom. The minimum absolute atomic E-state index is 0.136. The van der Waals surface area contributed by atoms with Crippen molar-refractivity contribution in [3.63, 3.8) is 0 Å². The summed E-state index contributed by atoms with van der Waals surface area (Å²) < 4.78 is 30.8. The third-order valence-corrected chi connectivity index (χ3v) is 4.98. The van der Waals surface area contributed by atoms with Crippen molar-refractivity contribution < 1.29 is 27.7 Å². The Bertz CT molecular complexity index is 950. The van der Waals surface area contributed by atoms with Gasteiger partial charge in [0.05, 0.1) is 11.5 Å². The number of rotatable bonds is 7. The maximum atomic E-state index is 12.8. The molecule has 0 radical (unpaired) electrons. The van der Waals surface area contributed by atoms with Crippen molar-refractivity contribution in [1.82, 2.24) is 9.29 Å². The number of carbonyl (C=O) groups excluding carboxylic acids is 2. The van der Waals surface area contributed by atoms with E-state index in [0.717, 1.165) is 18.3 Å². The van der Waals surface area contributed by atoms with Crippen LogP contribution in [0.25, 0.3) is 0 Å². The van der Waals surface area contributed by atoms with Gasteiger partial charge in [-0.2, -0.15) is 0 Å². The van der Waals surface area contributed by atoms with Gasteiger partial charge in [-0.3, -0.25) is 19.7 Å². The van der Waals surface area contributed by atoms with Crippen molar-refractivity contribution in [1.29, 1.82) is 0 Å². The van der Waals surface area contributed by atoms with Crippen LogP contribution in [0.4, 0.5) is 5.69 Å². The number of nitro groups is 1. The zero-order chi connectivity index (χ0) is 19.3. The lowest BCUT2D eigenvalue weighted by molar-refractivity contribution is -0.387. The number of hydrogen-bond donors (Lipinski definition) is 1. The van der Waals surface area contributed by atoms with E-state index in [2.05, 4.69) is 10.1 Å². The molecule has 0 spiro atoms. The molecule has 1 amide bonds. The van der Waals surface area contributed by atoms with Gasteiger partial charge >= 0.3 is 5.97 Å². The fourth-order valence-corrected chi connectivity index (χ4v) is 3.64. The molecule has 0 unspecified atom stereocenters. The van der Waals surface area contributed by atoms with Crippen LogP contribution in [-0.4, -0.2) is 42.3 Å². The Morgan fingerprint density at radius 2 is 1.92 bits per heavy atom. The molecular formula is C15H15N3O7S. The largest absolute Gasteiger partial charge is 0.465 e. The maximum absolute atomic E-state index is 12.8. The van der Waals surface area contributed by atoms with Crippen LogP contribution in [0.2, 0.25) is 0 Å². The molecule has 1 aromatic heterocycles. The fourth-order valence-electron chi connectivity index (χ4n) is 2.14. The molecule has 1 heterocycles. The van der Waals surface area contributed by atoms with E-state index in [9.17, 15) is 28.1 Å². The van der Waals surface area contributed by atoms with E-state index in [1.54, 1.807) is 6.92 Å². The summed E-state index contributed by atoms with van der Waals surface area (Å²) in [6.45, 7) is 1.30. The smallest absolute Gasteiger partial charge is 0.325 e. The first kappa shape index (κ1) is 19.1. The van der Waals surface area contributed by atoms with Crippen LogP contribution in [0.5, 0.6) is 0 Å². The molecule has 1 aromatic carbocycles. The first-order valence-electron chi connectivity index (χ1n) is 7.39. The molecular weight excluding hydrogens is 366 g/mol. The number of ether oxygens (including phenoxy) is 1. The number of nitrogens with zero attached hydrogens (tertiary/aromatic N) is 2. The van der Waals surface area contributed by atoms with Crippen molar-refractivity contribution in [2.24, 2.45) is 0 Å². The lowest BCUT2D eigenvalue weighted by atomic mass is 10.3. The molecule has 26 heavy (non-hydrogen) atoms. The van der Waals surface area contributed by atoms with Crippen molar-refractivity contribution in [3.05, 3.63) is 58.4 Å². The molecule has 0 atom stereocenters. The fraction of sp³-hybridized carbons (Fsp3) is 0.200. The SMILES string of the molecule is CCOC(=O)CNC(=O)c1cccn1S(=O)(=O)c1ccccc1[N+](=O)[O-]. The van der Waals surface area contributed by atoms with Crippen LogP contribution in [0.15, 0.2) is 47.5 Å². The Morgan fingerprint density at radius 3 is 2.58 bits per heavy atom. The van der Waals surface area contributed by atoms with Gasteiger partial charge in [0, 0.05) is 12.3 Å². The zero-order valence-corrected chi connectivity index (χ0v) is 14.4. The summed E-state index contributed by atoms with van der Waals surface area (Å²) >= 11 is 0. The summed E-state index contributed by atoms with van der Waals surface area (Å²) in [6.07, 6.45) is 1.09. The van der Waals surface area contributed by atoms with E-state index in [0.29, 0.717) is 3.97 Å². The van der Waals surface area contributed by atoms with E-state index in [1.165, 1.54) is 24.3 Å². The van der Waals surface area contributed by atoms with Crippen molar-refractivity contribution in [2.75, 3.05) is 13.2 Å². The van der Waals surface area contributed by atoms with E-state index < -0.39 is 44.0 Å². The highest BCUT2D eigenvalue weighted by molar-refractivity contribution is 7.90. The van der Waals surface area contributed by atoms with Crippen molar-refractivity contribution in [3.8, 4) is 0 Å². The predicted octanol–water partition coefficient (Wildman–Crippen LogP) is 0.926. The molecule has 0 bridgehead atoms. The summed E-state index contributed by atoms with van der Waals surface area (Å²) in [7, 11) is -4.40. The minimum atomic E-state index is -4.40. The Labute approximate surface area is 148 Å². The summed E-state index contributed by atoms with van der Waals surface area (Å²) in [6, 6.07) is 7.31.